The number of nitrogens with one attached hydrogen (secondary N) is 2. The van der Waals surface area contributed by atoms with Crippen LogP contribution in [0.15, 0.2) is 55.0 Å². The molecule has 4 aromatic heterocycles. The quantitative estimate of drug-likeness (QED) is 0.534. The predicted octanol–water partition coefficient (Wildman–Crippen LogP) is 2.61. The average Bonchev–Trinajstić information content (AvgIpc) is 3.08. The normalized spacial score (nSPS) is 10.8. The first-order valence-corrected chi connectivity index (χ1v) is 7.50. The Hall–Kier alpha value is -3.48. The Morgan fingerprint density at radius 3 is 2.83 bits per heavy atom. The highest BCUT2D eigenvalue weighted by atomic mass is 15.0. The molecule has 0 saturated heterocycles. The SMILES string of the molecule is Nc1nccc(-c2cc(NCc3ccccn3)nc3[nH]ccc23)n1. The molecule has 0 saturated carbocycles. The molecule has 4 heterocycles. The lowest BCUT2D eigenvalue weighted by Gasteiger charge is -2.09. The number of nitrogens with zero attached hydrogens (tertiary/aromatic N) is 4. The maximum absolute atomic E-state index is 5.72. The summed E-state index contributed by atoms with van der Waals surface area (Å²) in [6.45, 7) is 0.589. The van der Waals surface area contributed by atoms with Crippen molar-refractivity contribution < 1.29 is 0 Å². The number of rotatable bonds is 4. The van der Waals surface area contributed by atoms with E-state index in [0.717, 1.165) is 33.8 Å². The Kier molecular flexibility index (Phi) is 3.51. The number of nitrogens with two attached hydrogens (primary N) is 1. The molecule has 4 rings (SSSR count). The number of nitrogen functional groups attached to an aromatic ring is 1. The molecule has 0 atom stereocenters. The van der Waals surface area contributed by atoms with E-state index in [1.54, 1.807) is 12.4 Å². The van der Waals surface area contributed by atoms with Crippen LogP contribution in [-0.2, 0) is 6.54 Å². The molecule has 0 aromatic carbocycles. The summed E-state index contributed by atoms with van der Waals surface area (Å²) < 4.78 is 0. The van der Waals surface area contributed by atoms with Crippen molar-refractivity contribution in [3.05, 3.63) is 60.7 Å². The number of fused-ring (bicyclic) bond motifs is 1. The molecule has 7 nitrogen and oxygen atoms in total. The summed E-state index contributed by atoms with van der Waals surface area (Å²) in [5, 5.41) is 4.28. The molecule has 0 fully saturated rings. The lowest BCUT2D eigenvalue weighted by Crippen LogP contribution is -2.03. The Labute approximate surface area is 138 Å². The molecule has 0 radical (unpaired) electrons. The third-order valence-corrected chi connectivity index (χ3v) is 3.66. The van der Waals surface area contributed by atoms with Crippen LogP contribution in [0.2, 0.25) is 0 Å². The average molecular weight is 317 g/mol. The van der Waals surface area contributed by atoms with Crippen molar-refractivity contribution in [2.75, 3.05) is 11.1 Å². The summed E-state index contributed by atoms with van der Waals surface area (Å²) in [5.74, 6) is 0.985. The largest absolute Gasteiger partial charge is 0.368 e. The van der Waals surface area contributed by atoms with Crippen molar-refractivity contribution in [3.63, 3.8) is 0 Å². The molecule has 118 valence electrons. The van der Waals surface area contributed by atoms with Gasteiger partial charge >= 0.3 is 0 Å². The van der Waals surface area contributed by atoms with Gasteiger partial charge in [0, 0.05) is 29.5 Å². The van der Waals surface area contributed by atoms with Gasteiger partial charge in [0.25, 0.3) is 0 Å². The molecule has 24 heavy (non-hydrogen) atoms. The van der Waals surface area contributed by atoms with Crippen LogP contribution in [0, 0.1) is 0 Å². The van der Waals surface area contributed by atoms with Gasteiger partial charge in [-0.15, -0.1) is 0 Å². The highest BCUT2D eigenvalue weighted by Crippen LogP contribution is 2.28. The van der Waals surface area contributed by atoms with E-state index in [2.05, 4.69) is 30.2 Å². The Morgan fingerprint density at radius 1 is 1.04 bits per heavy atom. The minimum Gasteiger partial charge on any atom is -0.368 e. The van der Waals surface area contributed by atoms with E-state index < -0.39 is 0 Å². The van der Waals surface area contributed by atoms with Crippen molar-refractivity contribution in [1.82, 2.24) is 24.9 Å². The summed E-state index contributed by atoms with van der Waals surface area (Å²) in [4.78, 5) is 20.3. The van der Waals surface area contributed by atoms with E-state index in [4.69, 9.17) is 5.73 Å². The first-order valence-electron chi connectivity index (χ1n) is 7.50. The lowest BCUT2D eigenvalue weighted by atomic mass is 10.1. The van der Waals surface area contributed by atoms with Gasteiger partial charge in [0.15, 0.2) is 0 Å². The first-order chi connectivity index (χ1) is 11.8. The Balaban J connectivity index is 1.72. The second-order valence-corrected chi connectivity index (χ2v) is 5.27. The molecule has 4 aromatic rings. The monoisotopic (exact) mass is 317 g/mol. The number of hydrogen-bond donors (Lipinski definition) is 3. The van der Waals surface area contributed by atoms with Crippen LogP contribution >= 0.6 is 0 Å². The van der Waals surface area contributed by atoms with Crippen LogP contribution in [0.5, 0.6) is 0 Å². The molecule has 0 bridgehead atoms. The van der Waals surface area contributed by atoms with Gasteiger partial charge in [-0.3, -0.25) is 4.98 Å². The van der Waals surface area contributed by atoms with E-state index >= 15 is 0 Å². The number of pyridine rings is 2. The first kappa shape index (κ1) is 14.1. The minimum absolute atomic E-state index is 0.246. The molecule has 0 unspecified atom stereocenters. The van der Waals surface area contributed by atoms with Gasteiger partial charge in [-0.2, -0.15) is 0 Å². The van der Waals surface area contributed by atoms with Gasteiger partial charge in [-0.25, -0.2) is 15.0 Å². The third-order valence-electron chi connectivity index (χ3n) is 3.66. The molecule has 4 N–H and O–H groups in total. The van der Waals surface area contributed by atoms with Crippen molar-refractivity contribution in [3.8, 4) is 11.3 Å². The van der Waals surface area contributed by atoms with E-state index in [-0.39, 0.29) is 5.95 Å². The van der Waals surface area contributed by atoms with Crippen LogP contribution in [-0.4, -0.2) is 24.9 Å². The van der Waals surface area contributed by atoms with Gasteiger partial charge in [0.1, 0.15) is 11.5 Å². The zero-order valence-electron chi connectivity index (χ0n) is 12.8. The van der Waals surface area contributed by atoms with Crippen LogP contribution in [0.3, 0.4) is 0 Å². The van der Waals surface area contributed by atoms with Gasteiger partial charge < -0.3 is 16.0 Å². The van der Waals surface area contributed by atoms with Crippen LogP contribution in [0.4, 0.5) is 11.8 Å². The number of anilines is 2. The van der Waals surface area contributed by atoms with Crippen LogP contribution in [0.25, 0.3) is 22.3 Å². The minimum atomic E-state index is 0.246. The van der Waals surface area contributed by atoms with Crippen molar-refractivity contribution in [2.45, 2.75) is 6.54 Å². The predicted molar refractivity (Wildman–Crippen MR) is 93.1 cm³/mol. The molecule has 0 spiro atoms. The van der Waals surface area contributed by atoms with E-state index in [9.17, 15) is 0 Å². The second kappa shape index (κ2) is 5.96. The highest BCUT2D eigenvalue weighted by Gasteiger charge is 2.10. The lowest BCUT2D eigenvalue weighted by molar-refractivity contribution is 1.03. The number of aromatic nitrogens is 5. The topological polar surface area (TPSA) is 105 Å². The van der Waals surface area contributed by atoms with Crippen molar-refractivity contribution in [2.24, 2.45) is 0 Å². The summed E-state index contributed by atoms with van der Waals surface area (Å²) in [5.41, 5.74) is 9.15. The Bertz CT molecular complexity index is 979. The summed E-state index contributed by atoms with van der Waals surface area (Å²) in [6.07, 6.45) is 5.28. The van der Waals surface area contributed by atoms with Crippen molar-refractivity contribution in [1.29, 1.82) is 0 Å². The van der Waals surface area contributed by atoms with Gasteiger partial charge in [-0.1, -0.05) is 6.07 Å². The number of H-pyrrole nitrogens is 1. The molecule has 0 amide bonds. The summed E-state index contributed by atoms with van der Waals surface area (Å²) in [7, 11) is 0. The fourth-order valence-electron chi connectivity index (χ4n) is 2.55. The molecule has 0 aliphatic heterocycles. The number of hydrogen-bond acceptors (Lipinski definition) is 6. The van der Waals surface area contributed by atoms with Gasteiger partial charge in [0.2, 0.25) is 5.95 Å². The third kappa shape index (κ3) is 2.74. The van der Waals surface area contributed by atoms with Gasteiger partial charge in [-0.05, 0) is 30.3 Å². The summed E-state index contributed by atoms with van der Waals surface area (Å²) in [6, 6.07) is 11.6. The van der Waals surface area contributed by atoms with Crippen LogP contribution in [0.1, 0.15) is 5.69 Å². The van der Waals surface area contributed by atoms with E-state index in [0.29, 0.717) is 6.54 Å². The molecule has 0 aliphatic rings. The molecular formula is C17H15N7. The smallest absolute Gasteiger partial charge is 0.220 e. The zero-order chi connectivity index (χ0) is 16.4. The fourth-order valence-corrected chi connectivity index (χ4v) is 2.55. The molecule has 0 aliphatic carbocycles. The standard InChI is InChI=1S/C17H15N7/c18-17-21-8-5-14(23-17)13-9-15(24-16-12(13)4-7-20-16)22-10-11-3-1-2-6-19-11/h1-9H,10H2,(H2,18,21,23)(H2,20,22,24). The van der Waals surface area contributed by atoms with E-state index in [1.165, 1.54) is 0 Å². The fraction of sp³-hybridized carbons (Fsp3) is 0.0588. The summed E-state index contributed by atoms with van der Waals surface area (Å²) >= 11 is 0. The maximum atomic E-state index is 5.72. The van der Waals surface area contributed by atoms with Crippen molar-refractivity contribution >= 4 is 22.8 Å². The zero-order valence-corrected chi connectivity index (χ0v) is 12.8. The molecular weight excluding hydrogens is 302 g/mol. The van der Waals surface area contributed by atoms with Crippen LogP contribution < -0.4 is 11.1 Å². The molecule has 7 heteroatoms. The van der Waals surface area contributed by atoms with E-state index in [1.807, 2.05) is 42.6 Å². The number of aromatic amines is 1. The Morgan fingerprint density at radius 2 is 2.00 bits per heavy atom. The van der Waals surface area contributed by atoms with Gasteiger partial charge in [0.05, 0.1) is 17.9 Å². The second-order valence-electron chi connectivity index (χ2n) is 5.27. The maximum Gasteiger partial charge on any atom is 0.220 e. The highest BCUT2D eigenvalue weighted by molar-refractivity contribution is 5.93.